The zero-order valence-corrected chi connectivity index (χ0v) is 13.9. The minimum atomic E-state index is 0.0560. The van der Waals surface area contributed by atoms with Gasteiger partial charge in [0.05, 0.1) is 5.38 Å². The summed E-state index contributed by atoms with van der Waals surface area (Å²) in [5, 5.41) is 0.0560. The third kappa shape index (κ3) is 3.17. The Balaban J connectivity index is 2.20. The molecule has 0 nitrogen and oxygen atoms in total. The van der Waals surface area contributed by atoms with Gasteiger partial charge in [-0.15, -0.1) is 22.9 Å². The first-order chi connectivity index (χ1) is 8.47. The van der Waals surface area contributed by atoms with E-state index < -0.39 is 0 Å². The van der Waals surface area contributed by atoms with Crippen molar-refractivity contribution in [1.29, 1.82) is 0 Å². The van der Waals surface area contributed by atoms with Gasteiger partial charge in [-0.3, -0.25) is 0 Å². The van der Waals surface area contributed by atoms with E-state index in [1.165, 1.54) is 26.4 Å². The highest BCUT2D eigenvalue weighted by Gasteiger charge is 2.14. The van der Waals surface area contributed by atoms with E-state index in [4.69, 9.17) is 11.6 Å². The fraction of sp³-hybridized carbons (Fsp3) is 0.333. The minimum absolute atomic E-state index is 0.0560. The predicted molar refractivity (Wildman–Crippen MR) is 85.0 cm³/mol. The van der Waals surface area contributed by atoms with Crippen LogP contribution in [0.2, 0.25) is 0 Å². The van der Waals surface area contributed by atoms with E-state index in [-0.39, 0.29) is 5.38 Å². The Bertz CT molecular complexity index is 540. The summed E-state index contributed by atoms with van der Waals surface area (Å²) in [5.41, 5.74) is 3.96. The molecule has 0 spiro atoms. The molecule has 2 rings (SSSR count). The summed E-state index contributed by atoms with van der Waals surface area (Å²) >= 11 is 11.9. The zero-order valence-electron chi connectivity index (χ0n) is 10.8. The Morgan fingerprint density at radius 1 is 1.22 bits per heavy atom. The number of halogens is 2. The molecule has 0 aliphatic rings. The molecule has 1 heterocycles. The molecule has 96 valence electrons. The van der Waals surface area contributed by atoms with E-state index in [0.29, 0.717) is 0 Å². The van der Waals surface area contributed by atoms with Gasteiger partial charge in [0.1, 0.15) is 0 Å². The summed E-state index contributed by atoms with van der Waals surface area (Å²) in [6.07, 6.45) is 0.890. The number of hydrogen-bond donors (Lipinski definition) is 0. The quantitative estimate of drug-likeness (QED) is 0.603. The second kappa shape index (κ2) is 5.77. The van der Waals surface area contributed by atoms with Crippen molar-refractivity contribution in [1.82, 2.24) is 0 Å². The lowest BCUT2D eigenvalue weighted by atomic mass is 10.0. The summed E-state index contributed by atoms with van der Waals surface area (Å²) in [6.45, 7) is 6.38. The highest BCUT2D eigenvalue weighted by molar-refractivity contribution is 9.10. The number of benzene rings is 1. The molecule has 1 aromatic heterocycles. The molecule has 0 bridgehead atoms. The summed E-state index contributed by atoms with van der Waals surface area (Å²) in [4.78, 5) is 2.53. The van der Waals surface area contributed by atoms with Crippen LogP contribution in [0.15, 0.2) is 28.7 Å². The van der Waals surface area contributed by atoms with Crippen LogP contribution in [0.1, 0.15) is 31.8 Å². The van der Waals surface area contributed by atoms with Crippen molar-refractivity contribution in [2.75, 3.05) is 0 Å². The number of rotatable bonds is 3. The molecule has 0 aliphatic carbocycles. The Morgan fingerprint density at radius 3 is 2.56 bits per heavy atom. The molecule has 0 radical (unpaired) electrons. The van der Waals surface area contributed by atoms with Crippen molar-refractivity contribution in [3.8, 4) is 0 Å². The molecule has 3 heteroatoms. The molecule has 1 aromatic carbocycles. The smallest absolute Gasteiger partial charge is 0.0719 e. The summed E-state index contributed by atoms with van der Waals surface area (Å²) < 4.78 is 1.16. The Morgan fingerprint density at radius 2 is 1.94 bits per heavy atom. The normalized spacial score (nSPS) is 12.7. The van der Waals surface area contributed by atoms with Crippen LogP contribution >= 0.6 is 38.9 Å². The molecule has 0 saturated heterocycles. The van der Waals surface area contributed by atoms with Gasteiger partial charge in [0.15, 0.2) is 0 Å². The molecule has 0 fully saturated rings. The second-order valence-corrected chi connectivity index (χ2v) is 7.32. The van der Waals surface area contributed by atoms with Gasteiger partial charge in [-0.1, -0.05) is 23.8 Å². The molecule has 18 heavy (non-hydrogen) atoms. The van der Waals surface area contributed by atoms with Crippen LogP contribution in [0, 0.1) is 20.8 Å². The molecule has 2 aromatic rings. The van der Waals surface area contributed by atoms with Gasteiger partial charge in [-0.2, -0.15) is 0 Å². The molecule has 0 aliphatic heterocycles. The van der Waals surface area contributed by atoms with Crippen molar-refractivity contribution in [2.45, 2.75) is 32.6 Å². The van der Waals surface area contributed by atoms with Crippen LogP contribution in [0.3, 0.4) is 0 Å². The summed E-state index contributed by atoms with van der Waals surface area (Å²) in [7, 11) is 0. The van der Waals surface area contributed by atoms with Gasteiger partial charge in [-0.05, 0) is 60.3 Å². The largest absolute Gasteiger partial charge is 0.143 e. The van der Waals surface area contributed by atoms with E-state index in [9.17, 15) is 0 Å². The molecular weight excluding hydrogens is 328 g/mol. The maximum Gasteiger partial charge on any atom is 0.0719 e. The second-order valence-electron chi connectivity index (χ2n) is 4.65. The lowest BCUT2D eigenvalue weighted by Gasteiger charge is -2.11. The van der Waals surface area contributed by atoms with Gasteiger partial charge in [0, 0.05) is 14.2 Å². The fourth-order valence-corrected chi connectivity index (χ4v) is 3.85. The van der Waals surface area contributed by atoms with Crippen molar-refractivity contribution in [3.63, 3.8) is 0 Å². The van der Waals surface area contributed by atoms with Crippen molar-refractivity contribution >= 4 is 38.9 Å². The van der Waals surface area contributed by atoms with Gasteiger partial charge in [0.25, 0.3) is 0 Å². The average Bonchev–Trinajstić information content (AvgIpc) is 2.64. The van der Waals surface area contributed by atoms with Crippen LogP contribution in [0.4, 0.5) is 0 Å². The third-order valence-corrected chi connectivity index (χ3v) is 5.86. The molecule has 1 unspecified atom stereocenters. The zero-order chi connectivity index (χ0) is 13.3. The first kappa shape index (κ1) is 14.1. The lowest BCUT2D eigenvalue weighted by Crippen LogP contribution is -1.96. The van der Waals surface area contributed by atoms with E-state index >= 15 is 0 Å². The number of thiophene rings is 1. The topological polar surface area (TPSA) is 0 Å². The van der Waals surface area contributed by atoms with E-state index in [1.54, 1.807) is 11.3 Å². The summed E-state index contributed by atoms with van der Waals surface area (Å²) in [5.74, 6) is 0. The van der Waals surface area contributed by atoms with E-state index in [0.717, 1.165) is 10.9 Å². The SMILES string of the molecule is Cc1ccc(C)c(CC(Cl)c2cc(Br)c(C)s2)c1. The molecular formula is C15H16BrClS. The maximum absolute atomic E-state index is 6.54. The van der Waals surface area contributed by atoms with Crippen molar-refractivity contribution in [3.05, 3.63) is 55.2 Å². The molecule has 0 amide bonds. The first-order valence-corrected chi connectivity index (χ1v) is 7.98. The van der Waals surface area contributed by atoms with Crippen LogP contribution < -0.4 is 0 Å². The highest BCUT2D eigenvalue weighted by atomic mass is 79.9. The number of alkyl halides is 1. The Labute approximate surface area is 126 Å². The van der Waals surface area contributed by atoms with Crippen LogP contribution in [0.5, 0.6) is 0 Å². The molecule has 1 atom stereocenters. The Hall–Kier alpha value is -0.310. The number of aryl methyl sites for hydroxylation is 3. The molecule has 0 saturated carbocycles. The average molecular weight is 344 g/mol. The van der Waals surface area contributed by atoms with Crippen LogP contribution in [-0.4, -0.2) is 0 Å². The molecule has 0 N–H and O–H groups in total. The standard InChI is InChI=1S/C15H16BrClS/c1-9-4-5-10(2)12(6-9)7-14(17)15-8-13(16)11(3)18-15/h4-6,8,14H,7H2,1-3H3. The maximum atomic E-state index is 6.54. The van der Waals surface area contributed by atoms with Crippen molar-refractivity contribution < 1.29 is 0 Å². The first-order valence-electron chi connectivity index (χ1n) is 5.93. The van der Waals surface area contributed by atoms with Gasteiger partial charge in [-0.25, -0.2) is 0 Å². The van der Waals surface area contributed by atoms with Crippen LogP contribution in [-0.2, 0) is 6.42 Å². The monoisotopic (exact) mass is 342 g/mol. The predicted octanol–water partition coefficient (Wildman–Crippen LogP) is 5.96. The fourth-order valence-electron chi connectivity index (χ4n) is 1.95. The minimum Gasteiger partial charge on any atom is -0.143 e. The van der Waals surface area contributed by atoms with Gasteiger partial charge >= 0.3 is 0 Å². The Kier molecular flexibility index (Phi) is 4.52. The third-order valence-electron chi connectivity index (χ3n) is 3.09. The van der Waals surface area contributed by atoms with E-state index in [1.807, 2.05) is 0 Å². The van der Waals surface area contributed by atoms with Gasteiger partial charge in [0.2, 0.25) is 0 Å². The summed E-state index contributed by atoms with van der Waals surface area (Å²) in [6, 6.07) is 8.70. The van der Waals surface area contributed by atoms with Crippen LogP contribution in [0.25, 0.3) is 0 Å². The number of hydrogen-bond acceptors (Lipinski definition) is 1. The van der Waals surface area contributed by atoms with E-state index in [2.05, 4.69) is 61.0 Å². The highest BCUT2D eigenvalue weighted by Crippen LogP contribution is 2.35. The van der Waals surface area contributed by atoms with Crippen molar-refractivity contribution in [2.24, 2.45) is 0 Å². The van der Waals surface area contributed by atoms with Gasteiger partial charge < -0.3 is 0 Å². The lowest BCUT2D eigenvalue weighted by molar-refractivity contribution is 0.927.